The van der Waals surface area contributed by atoms with E-state index in [1.54, 1.807) is 6.21 Å². The molecule has 0 amide bonds. The van der Waals surface area contributed by atoms with Crippen LogP contribution in [0.4, 0.5) is 5.69 Å². The number of aryl methyl sites for hydroxylation is 1. The fourth-order valence-corrected chi connectivity index (χ4v) is 3.70. The van der Waals surface area contributed by atoms with Crippen LogP contribution < -0.4 is 16.4 Å². The van der Waals surface area contributed by atoms with Crippen LogP contribution in [0.5, 0.6) is 0 Å². The van der Waals surface area contributed by atoms with Crippen molar-refractivity contribution in [3.8, 4) is 0 Å². The van der Waals surface area contributed by atoms with Gasteiger partial charge in [-0.2, -0.15) is 0 Å². The largest absolute Gasteiger partial charge is 0.361 e. The molecule has 6 N–H and O–H groups in total. The molecule has 0 saturated carbocycles. The van der Waals surface area contributed by atoms with Crippen LogP contribution in [0.15, 0.2) is 77.8 Å². The molecule has 2 aromatic carbocycles. The summed E-state index contributed by atoms with van der Waals surface area (Å²) in [6, 6.07) is 16.6. The van der Waals surface area contributed by atoms with E-state index in [4.69, 9.17) is 5.73 Å². The molecule has 0 fully saturated rings. The Morgan fingerprint density at radius 1 is 1.04 bits per heavy atom. The zero-order valence-electron chi connectivity index (χ0n) is 15.4. The first kappa shape index (κ1) is 16.6. The normalized spacial score (nSPS) is 19.0. The molecular formula is C22H22N6. The summed E-state index contributed by atoms with van der Waals surface area (Å²) in [6.07, 6.45) is 9.17. The summed E-state index contributed by atoms with van der Waals surface area (Å²) >= 11 is 0. The lowest BCUT2D eigenvalue weighted by molar-refractivity contribution is 0.356. The molecule has 2 aromatic heterocycles. The van der Waals surface area contributed by atoms with Gasteiger partial charge in [-0.3, -0.25) is 10.7 Å². The van der Waals surface area contributed by atoms with Gasteiger partial charge in [0.1, 0.15) is 5.82 Å². The fourth-order valence-electron chi connectivity index (χ4n) is 3.70. The Bertz CT molecular complexity index is 1200. The van der Waals surface area contributed by atoms with E-state index in [1.165, 1.54) is 10.9 Å². The van der Waals surface area contributed by atoms with Gasteiger partial charge in [0.15, 0.2) is 5.79 Å². The monoisotopic (exact) mass is 370 g/mol. The highest BCUT2D eigenvalue weighted by atomic mass is 15.3. The predicted molar refractivity (Wildman–Crippen MR) is 115 cm³/mol. The molecule has 140 valence electrons. The molecule has 1 aliphatic rings. The lowest BCUT2D eigenvalue weighted by Crippen LogP contribution is -2.54. The number of para-hydroxylation sites is 1. The quantitative estimate of drug-likeness (QED) is 0.370. The third kappa shape index (κ3) is 3.14. The first-order valence-electron chi connectivity index (χ1n) is 9.40. The Morgan fingerprint density at radius 3 is 2.93 bits per heavy atom. The van der Waals surface area contributed by atoms with Crippen LogP contribution in [0.1, 0.15) is 12.0 Å². The molecule has 0 spiro atoms. The Labute approximate surface area is 162 Å². The van der Waals surface area contributed by atoms with E-state index < -0.39 is 5.79 Å². The number of hydrogen-bond acceptors (Lipinski definition) is 4. The molecule has 1 aliphatic heterocycles. The molecule has 1 atom stereocenters. The number of benzene rings is 2. The molecule has 1 unspecified atom stereocenters. The number of nitrogens with one attached hydrogen (secondary N) is 4. The second kappa shape index (κ2) is 6.58. The van der Waals surface area contributed by atoms with E-state index in [0.29, 0.717) is 6.42 Å². The van der Waals surface area contributed by atoms with Crippen molar-refractivity contribution in [3.63, 3.8) is 0 Å². The van der Waals surface area contributed by atoms with Gasteiger partial charge in [0.05, 0.1) is 0 Å². The third-order valence-corrected chi connectivity index (χ3v) is 5.18. The summed E-state index contributed by atoms with van der Waals surface area (Å²) in [5.74, 6) is -0.000462. The van der Waals surface area contributed by atoms with Crippen LogP contribution >= 0.6 is 0 Å². The molecule has 5 rings (SSSR count). The fraction of sp³-hybridized carbons (Fsp3) is 0.136. The van der Waals surface area contributed by atoms with Crippen molar-refractivity contribution in [1.82, 2.24) is 15.3 Å². The topological polar surface area (TPSA) is 94.0 Å². The standard InChI is InChI=1S/C22H22N6/c23-22(10-7-16-14-25-20-4-2-1-3-18(16)20)26-12-9-21(28-22)27-17-5-6-19-15(13-17)8-11-24-19/h1-6,8-9,11-14,24-25,27-28H,7,10,23H2. The Morgan fingerprint density at radius 2 is 1.96 bits per heavy atom. The van der Waals surface area contributed by atoms with Crippen molar-refractivity contribution >= 4 is 33.7 Å². The number of anilines is 1. The number of aromatic amines is 2. The lowest BCUT2D eigenvalue weighted by Gasteiger charge is -2.31. The van der Waals surface area contributed by atoms with Crippen molar-refractivity contribution in [2.45, 2.75) is 18.6 Å². The lowest BCUT2D eigenvalue weighted by atomic mass is 10.0. The smallest absolute Gasteiger partial charge is 0.183 e. The zero-order chi connectivity index (χ0) is 19.0. The second-order valence-corrected chi connectivity index (χ2v) is 7.17. The van der Waals surface area contributed by atoms with Gasteiger partial charge in [0.25, 0.3) is 0 Å². The maximum absolute atomic E-state index is 6.53. The molecule has 6 nitrogen and oxygen atoms in total. The van der Waals surface area contributed by atoms with E-state index in [2.05, 4.69) is 68.2 Å². The number of H-pyrrole nitrogens is 2. The number of fused-ring (bicyclic) bond motifs is 2. The minimum absolute atomic E-state index is 0.682. The van der Waals surface area contributed by atoms with Crippen LogP contribution in [-0.4, -0.2) is 22.0 Å². The summed E-state index contributed by atoms with van der Waals surface area (Å²) in [4.78, 5) is 11.0. The van der Waals surface area contributed by atoms with Crippen molar-refractivity contribution < 1.29 is 0 Å². The number of rotatable bonds is 5. The number of allylic oxidation sites excluding steroid dienone is 1. The number of aliphatic imine (C=N–C) groups is 1. The number of nitrogens with two attached hydrogens (primary N) is 1. The van der Waals surface area contributed by atoms with Gasteiger partial charge in [-0.25, -0.2) is 0 Å². The Balaban J connectivity index is 1.28. The summed E-state index contributed by atoms with van der Waals surface area (Å²) in [7, 11) is 0. The first-order chi connectivity index (χ1) is 13.7. The predicted octanol–water partition coefficient (Wildman–Crippen LogP) is 3.82. The van der Waals surface area contributed by atoms with Gasteiger partial charge in [-0.05, 0) is 48.4 Å². The highest BCUT2D eigenvalue weighted by Gasteiger charge is 2.26. The molecular weight excluding hydrogens is 348 g/mol. The van der Waals surface area contributed by atoms with Crippen molar-refractivity contribution in [3.05, 3.63) is 78.4 Å². The third-order valence-electron chi connectivity index (χ3n) is 5.18. The average Bonchev–Trinajstić information content (AvgIpc) is 3.33. The van der Waals surface area contributed by atoms with Crippen LogP contribution in [0.25, 0.3) is 21.8 Å². The van der Waals surface area contributed by atoms with Crippen LogP contribution in [0.3, 0.4) is 0 Å². The van der Waals surface area contributed by atoms with Gasteiger partial charge < -0.3 is 20.6 Å². The molecule has 0 saturated heterocycles. The zero-order valence-corrected chi connectivity index (χ0v) is 15.4. The van der Waals surface area contributed by atoms with Gasteiger partial charge in [0.2, 0.25) is 0 Å². The van der Waals surface area contributed by atoms with Crippen LogP contribution in [-0.2, 0) is 6.42 Å². The molecule has 0 radical (unpaired) electrons. The molecule has 28 heavy (non-hydrogen) atoms. The maximum Gasteiger partial charge on any atom is 0.183 e. The number of aromatic nitrogens is 2. The molecule has 4 aromatic rings. The van der Waals surface area contributed by atoms with Crippen molar-refractivity contribution in [1.29, 1.82) is 0 Å². The SMILES string of the molecule is NC1(CCc2c[nH]c3ccccc23)N=CC=C(Nc2ccc3[nH]ccc3c2)N1. The molecule has 0 aliphatic carbocycles. The summed E-state index contributed by atoms with van der Waals surface area (Å²) in [5, 5.41) is 9.14. The van der Waals surface area contributed by atoms with Gasteiger partial charge in [-0.15, -0.1) is 0 Å². The minimum atomic E-state index is -0.840. The van der Waals surface area contributed by atoms with E-state index in [-0.39, 0.29) is 0 Å². The van der Waals surface area contributed by atoms with Crippen LogP contribution in [0.2, 0.25) is 0 Å². The number of nitrogens with zero attached hydrogens (tertiary/aromatic N) is 1. The van der Waals surface area contributed by atoms with E-state index in [1.807, 2.05) is 24.4 Å². The summed E-state index contributed by atoms with van der Waals surface area (Å²) < 4.78 is 0. The average molecular weight is 370 g/mol. The van der Waals surface area contributed by atoms with Crippen molar-refractivity contribution in [2.75, 3.05) is 5.32 Å². The maximum atomic E-state index is 6.53. The van der Waals surface area contributed by atoms with E-state index in [9.17, 15) is 0 Å². The van der Waals surface area contributed by atoms with Gasteiger partial charge in [0, 0.05) is 52.5 Å². The molecule has 6 heteroatoms. The highest BCUT2D eigenvalue weighted by molar-refractivity contribution is 5.84. The Kier molecular flexibility index (Phi) is 3.91. The first-order valence-corrected chi connectivity index (χ1v) is 9.40. The van der Waals surface area contributed by atoms with Gasteiger partial charge >= 0.3 is 0 Å². The van der Waals surface area contributed by atoms with Crippen LogP contribution in [0, 0.1) is 0 Å². The second-order valence-electron chi connectivity index (χ2n) is 7.17. The number of hydrogen-bond donors (Lipinski definition) is 5. The van der Waals surface area contributed by atoms with Crippen molar-refractivity contribution in [2.24, 2.45) is 10.7 Å². The summed E-state index contributed by atoms with van der Waals surface area (Å²) in [6.45, 7) is 0. The summed E-state index contributed by atoms with van der Waals surface area (Å²) in [5.41, 5.74) is 11.0. The van der Waals surface area contributed by atoms with Gasteiger partial charge in [-0.1, -0.05) is 18.2 Å². The van der Waals surface area contributed by atoms with E-state index >= 15 is 0 Å². The minimum Gasteiger partial charge on any atom is -0.361 e. The molecule has 3 heterocycles. The Hall–Kier alpha value is -3.51. The highest BCUT2D eigenvalue weighted by Crippen LogP contribution is 2.23. The molecule has 0 bridgehead atoms. The van der Waals surface area contributed by atoms with E-state index in [0.717, 1.165) is 34.3 Å².